The van der Waals surface area contributed by atoms with Gasteiger partial charge in [0.25, 0.3) is 0 Å². The lowest BCUT2D eigenvalue weighted by molar-refractivity contribution is -0.0284. The number of aryl methyl sites for hydroxylation is 2. The van der Waals surface area contributed by atoms with Gasteiger partial charge in [0.15, 0.2) is 0 Å². The minimum absolute atomic E-state index is 0.682. The molecule has 0 atom stereocenters. The lowest BCUT2D eigenvalue weighted by Crippen LogP contribution is -2.44. The molecule has 1 aromatic rings. The highest BCUT2D eigenvalue weighted by Gasteiger charge is 2.35. The Hall–Kier alpha value is -1.06. The molecule has 1 aliphatic rings. The third-order valence-corrected chi connectivity index (χ3v) is 4.55. The monoisotopic (exact) mass is 291 g/mol. The van der Waals surface area contributed by atoms with Crippen LogP contribution in [0.1, 0.15) is 43.4 Å². The summed E-state index contributed by atoms with van der Waals surface area (Å²) in [7, 11) is 1.70. The Morgan fingerprint density at radius 3 is 2.33 bits per heavy atom. The molecule has 1 heterocycles. The van der Waals surface area contributed by atoms with Gasteiger partial charge in [-0.05, 0) is 61.4 Å². The van der Waals surface area contributed by atoms with Gasteiger partial charge >= 0.3 is 0 Å². The number of likely N-dealkylation sites (tertiary alicyclic amines) is 1. The predicted molar refractivity (Wildman–Crippen MR) is 86.9 cm³/mol. The van der Waals surface area contributed by atoms with Gasteiger partial charge in [-0.1, -0.05) is 13.8 Å². The van der Waals surface area contributed by atoms with Crippen LogP contribution in [0.4, 0.5) is 0 Å². The molecule has 0 aromatic heterocycles. The number of ether oxygens (including phenoxy) is 1. The summed E-state index contributed by atoms with van der Waals surface area (Å²) in [5, 5.41) is 11.1. The van der Waals surface area contributed by atoms with Gasteiger partial charge in [-0.15, -0.1) is 0 Å². The maximum Gasteiger partial charge on any atom is 0.122 e. The second kappa shape index (κ2) is 6.37. The molecule has 118 valence electrons. The number of aliphatic hydroxyl groups is 1. The number of benzene rings is 1. The van der Waals surface area contributed by atoms with Gasteiger partial charge in [0, 0.05) is 19.6 Å². The average molecular weight is 291 g/mol. The highest BCUT2D eigenvalue weighted by Crippen LogP contribution is 2.37. The number of methoxy groups -OCH3 is 1. The Kier molecular flexibility index (Phi) is 4.95. The van der Waals surface area contributed by atoms with Crippen LogP contribution in [-0.4, -0.2) is 36.8 Å². The fourth-order valence-electron chi connectivity index (χ4n) is 3.40. The summed E-state index contributed by atoms with van der Waals surface area (Å²) in [6, 6.07) is 4.15. The van der Waals surface area contributed by atoms with Crippen LogP contribution in [0.15, 0.2) is 12.1 Å². The number of hydrogen-bond acceptors (Lipinski definition) is 3. The van der Waals surface area contributed by atoms with E-state index in [4.69, 9.17) is 4.74 Å². The third kappa shape index (κ3) is 3.58. The molecule has 0 radical (unpaired) electrons. The zero-order valence-electron chi connectivity index (χ0n) is 14.1. The summed E-state index contributed by atoms with van der Waals surface area (Å²) in [4.78, 5) is 2.46. The number of hydrogen-bond donors (Lipinski definition) is 1. The highest BCUT2D eigenvalue weighted by molar-refractivity contribution is 5.44. The smallest absolute Gasteiger partial charge is 0.122 e. The maximum absolute atomic E-state index is 11.1. The molecule has 0 spiro atoms. The van der Waals surface area contributed by atoms with E-state index in [9.17, 15) is 5.11 Å². The fourth-order valence-corrected chi connectivity index (χ4v) is 3.40. The van der Waals surface area contributed by atoms with Gasteiger partial charge in [-0.2, -0.15) is 0 Å². The zero-order chi connectivity index (χ0) is 15.6. The first-order valence-electron chi connectivity index (χ1n) is 7.96. The van der Waals surface area contributed by atoms with E-state index in [0.717, 1.165) is 54.9 Å². The summed E-state index contributed by atoms with van der Waals surface area (Å²) in [6.07, 6.45) is 1.62. The number of nitrogens with zero attached hydrogens (tertiary/aromatic N) is 1. The van der Waals surface area contributed by atoms with E-state index in [2.05, 4.69) is 31.7 Å². The third-order valence-electron chi connectivity index (χ3n) is 4.55. The highest BCUT2D eigenvalue weighted by atomic mass is 16.5. The molecule has 0 bridgehead atoms. The molecule has 21 heavy (non-hydrogen) atoms. The van der Waals surface area contributed by atoms with Crippen molar-refractivity contribution in [2.24, 2.45) is 5.92 Å². The molecular weight excluding hydrogens is 262 g/mol. The van der Waals surface area contributed by atoms with Crippen LogP contribution in [0.25, 0.3) is 0 Å². The van der Waals surface area contributed by atoms with Gasteiger partial charge in [-0.25, -0.2) is 0 Å². The first-order chi connectivity index (χ1) is 9.85. The summed E-state index contributed by atoms with van der Waals surface area (Å²) in [5.41, 5.74) is 2.60. The molecule has 1 aliphatic heterocycles. The van der Waals surface area contributed by atoms with Crippen molar-refractivity contribution in [2.45, 2.75) is 46.1 Å². The van der Waals surface area contributed by atoms with Crippen LogP contribution in [0, 0.1) is 19.8 Å². The predicted octanol–water partition coefficient (Wildman–Crippen LogP) is 3.25. The van der Waals surface area contributed by atoms with Crippen molar-refractivity contribution >= 4 is 0 Å². The van der Waals surface area contributed by atoms with Gasteiger partial charge < -0.3 is 14.7 Å². The fraction of sp³-hybridized carbons (Fsp3) is 0.667. The van der Waals surface area contributed by atoms with Gasteiger partial charge in [0.2, 0.25) is 0 Å². The van der Waals surface area contributed by atoms with Crippen molar-refractivity contribution in [3.05, 3.63) is 28.8 Å². The van der Waals surface area contributed by atoms with E-state index in [1.807, 2.05) is 13.0 Å². The normalized spacial score (nSPS) is 19.0. The van der Waals surface area contributed by atoms with Crippen LogP contribution < -0.4 is 4.74 Å². The Bertz CT molecular complexity index is 488. The Morgan fingerprint density at radius 2 is 1.81 bits per heavy atom. The first-order valence-corrected chi connectivity index (χ1v) is 7.96. The summed E-state index contributed by atoms with van der Waals surface area (Å²) < 4.78 is 5.37. The lowest BCUT2D eigenvalue weighted by Gasteiger charge is -2.40. The molecule has 1 saturated heterocycles. The van der Waals surface area contributed by atoms with E-state index in [0.29, 0.717) is 5.92 Å². The number of piperidine rings is 1. The minimum atomic E-state index is -0.686. The molecule has 0 saturated carbocycles. The van der Waals surface area contributed by atoms with Crippen molar-refractivity contribution in [1.82, 2.24) is 4.90 Å². The second-order valence-electron chi connectivity index (χ2n) is 6.86. The van der Waals surface area contributed by atoms with Gasteiger partial charge in [0.1, 0.15) is 5.75 Å². The standard InChI is InChI=1S/C18H29NO2/c1-13(2)12-19-8-6-18(20,7-9-19)16-10-15(4)17(21-5)11-14(16)3/h10-11,13,20H,6-9,12H2,1-5H3. The molecule has 2 rings (SSSR count). The van der Waals surface area contributed by atoms with Crippen LogP contribution in [0.5, 0.6) is 5.75 Å². The van der Waals surface area contributed by atoms with Gasteiger partial charge in [0.05, 0.1) is 12.7 Å². The molecule has 3 nitrogen and oxygen atoms in total. The van der Waals surface area contributed by atoms with Crippen molar-refractivity contribution in [1.29, 1.82) is 0 Å². The van der Waals surface area contributed by atoms with Gasteiger partial charge in [-0.3, -0.25) is 0 Å². The summed E-state index contributed by atoms with van der Waals surface area (Å²) in [5.74, 6) is 1.58. The van der Waals surface area contributed by atoms with Crippen molar-refractivity contribution < 1.29 is 9.84 Å². The van der Waals surface area contributed by atoms with E-state index >= 15 is 0 Å². The molecule has 1 aromatic carbocycles. The number of rotatable bonds is 4. The van der Waals surface area contributed by atoms with Crippen LogP contribution in [0.3, 0.4) is 0 Å². The lowest BCUT2D eigenvalue weighted by atomic mass is 9.81. The molecule has 1 fully saturated rings. The van der Waals surface area contributed by atoms with Crippen LogP contribution >= 0.6 is 0 Å². The Balaban J connectivity index is 2.17. The van der Waals surface area contributed by atoms with Crippen molar-refractivity contribution in [2.75, 3.05) is 26.7 Å². The average Bonchev–Trinajstić information content (AvgIpc) is 2.43. The van der Waals surface area contributed by atoms with E-state index in [-0.39, 0.29) is 0 Å². The minimum Gasteiger partial charge on any atom is -0.496 e. The molecule has 0 aliphatic carbocycles. The Morgan fingerprint density at radius 1 is 1.19 bits per heavy atom. The van der Waals surface area contributed by atoms with Crippen LogP contribution in [-0.2, 0) is 5.60 Å². The molecule has 3 heteroatoms. The molecule has 0 unspecified atom stereocenters. The quantitative estimate of drug-likeness (QED) is 0.924. The van der Waals surface area contributed by atoms with E-state index in [1.165, 1.54) is 0 Å². The topological polar surface area (TPSA) is 32.7 Å². The SMILES string of the molecule is COc1cc(C)c(C2(O)CCN(CC(C)C)CC2)cc1C. The summed E-state index contributed by atoms with van der Waals surface area (Å²) in [6.45, 7) is 11.7. The van der Waals surface area contributed by atoms with E-state index < -0.39 is 5.60 Å². The maximum atomic E-state index is 11.1. The first kappa shape index (κ1) is 16.3. The largest absolute Gasteiger partial charge is 0.496 e. The van der Waals surface area contributed by atoms with E-state index in [1.54, 1.807) is 7.11 Å². The second-order valence-corrected chi connectivity index (χ2v) is 6.86. The molecular formula is C18H29NO2. The van der Waals surface area contributed by atoms with Crippen molar-refractivity contribution in [3.63, 3.8) is 0 Å². The van der Waals surface area contributed by atoms with Crippen LogP contribution in [0.2, 0.25) is 0 Å². The molecule has 1 N–H and O–H groups in total. The Labute approximate surface area is 128 Å². The van der Waals surface area contributed by atoms with Crippen molar-refractivity contribution in [3.8, 4) is 5.75 Å². The summed E-state index contributed by atoms with van der Waals surface area (Å²) >= 11 is 0. The zero-order valence-corrected chi connectivity index (χ0v) is 14.1. The molecule has 0 amide bonds.